The van der Waals surface area contributed by atoms with Gasteiger partial charge in [0.15, 0.2) is 0 Å². The molecule has 0 aliphatic heterocycles. The molecule has 3 aromatic rings. The second kappa shape index (κ2) is 7.90. The number of carbonyl (C=O) groups excluding carboxylic acids is 1. The van der Waals surface area contributed by atoms with E-state index in [1.807, 2.05) is 42.5 Å². The number of halogens is 1. The van der Waals surface area contributed by atoms with Crippen molar-refractivity contribution in [2.75, 3.05) is 25.5 Å². The van der Waals surface area contributed by atoms with Gasteiger partial charge in [-0.2, -0.15) is 0 Å². The van der Waals surface area contributed by atoms with Gasteiger partial charge in [-0.1, -0.05) is 48.0 Å². The van der Waals surface area contributed by atoms with E-state index in [0.29, 0.717) is 18.2 Å². The van der Waals surface area contributed by atoms with E-state index >= 15 is 0 Å². The largest absolute Gasteiger partial charge is 0.492 e. The first-order valence-electron chi connectivity index (χ1n) is 8.02. The number of likely N-dealkylation sites (N-methyl/N-ethyl adjacent to an activating group) is 1. The lowest BCUT2D eigenvalue weighted by atomic mass is 10.1. The summed E-state index contributed by atoms with van der Waals surface area (Å²) in [5, 5.41) is 5.73. The molecule has 3 aromatic carbocycles. The van der Waals surface area contributed by atoms with Crippen molar-refractivity contribution in [1.82, 2.24) is 4.90 Å². The molecular formula is C20H19ClN2O2. The molecule has 0 aliphatic rings. The van der Waals surface area contributed by atoms with Crippen LogP contribution in [0.15, 0.2) is 66.7 Å². The number of amides is 2. The van der Waals surface area contributed by atoms with Crippen LogP contribution in [0.1, 0.15) is 0 Å². The quantitative estimate of drug-likeness (QED) is 0.697. The minimum absolute atomic E-state index is 0.170. The summed E-state index contributed by atoms with van der Waals surface area (Å²) < 4.78 is 5.62. The molecule has 0 fully saturated rings. The molecule has 128 valence electrons. The molecule has 0 saturated heterocycles. The molecule has 0 spiro atoms. The van der Waals surface area contributed by atoms with E-state index in [1.165, 1.54) is 0 Å². The second-order valence-electron chi connectivity index (χ2n) is 5.68. The molecular weight excluding hydrogens is 336 g/mol. The van der Waals surface area contributed by atoms with Gasteiger partial charge in [0.25, 0.3) is 0 Å². The van der Waals surface area contributed by atoms with Gasteiger partial charge in [-0.05, 0) is 35.7 Å². The summed E-state index contributed by atoms with van der Waals surface area (Å²) in [6.45, 7) is 0.875. The Balaban J connectivity index is 1.56. The summed E-state index contributed by atoms with van der Waals surface area (Å²) in [5.41, 5.74) is 0.800. The van der Waals surface area contributed by atoms with Crippen LogP contribution in [0.4, 0.5) is 10.5 Å². The van der Waals surface area contributed by atoms with Gasteiger partial charge in [0, 0.05) is 17.5 Å². The Morgan fingerprint density at radius 1 is 1.04 bits per heavy atom. The Bertz CT molecular complexity index is 860. The maximum atomic E-state index is 12.4. The van der Waals surface area contributed by atoms with E-state index in [4.69, 9.17) is 16.3 Å². The highest BCUT2D eigenvalue weighted by Crippen LogP contribution is 2.23. The van der Waals surface area contributed by atoms with Gasteiger partial charge >= 0.3 is 6.03 Å². The number of rotatable bonds is 5. The van der Waals surface area contributed by atoms with Gasteiger partial charge in [0.2, 0.25) is 0 Å². The van der Waals surface area contributed by atoms with E-state index in [2.05, 4.69) is 5.32 Å². The Kier molecular flexibility index (Phi) is 5.41. The lowest BCUT2D eigenvalue weighted by Crippen LogP contribution is -2.34. The van der Waals surface area contributed by atoms with Crippen LogP contribution >= 0.6 is 11.6 Å². The first kappa shape index (κ1) is 17.1. The summed E-state index contributed by atoms with van der Waals surface area (Å²) in [6, 6.07) is 20.8. The standard InChI is InChI=1S/C20H19ClN2O2/c1-23(13-14-25-17-11-9-16(21)10-12-17)20(24)22-19-8-4-6-15-5-2-3-7-18(15)19/h2-12H,13-14H2,1H3,(H,22,24). The van der Waals surface area contributed by atoms with Crippen molar-refractivity contribution < 1.29 is 9.53 Å². The highest BCUT2D eigenvalue weighted by molar-refractivity contribution is 6.30. The molecule has 4 nitrogen and oxygen atoms in total. The molecule has 25 heavy (non-hydrogen) atoms. The zero-order valence-corrected chi connectivity index (χ0v) is 14.7. The first-order valence-corrected chi connectivity index (χ1v) is 8.39. The Labute approximate surface area is 152 Å². The van der Waals surface area contributed by atoms with E-state index < -0.39 is 0 Å². The summed E-state index contributed by atoms with van der Waals surface area (Å²) in [7, 11) is 1.74. The van der Waals surface area contributed by atoms with Crippen molar-refractivity contribution in [3.8, 4) is 5.75 Å². The predicted octanol–water partition coefficient (Wildman–Crippen LogP) is 5.04. The maximum Gasteiger partial charge on any atom is 0.321 e. The number of nitrogens with zero attached hydrogens (tertiary/aromatic N) is 1. The van der Waals surface area contributed by atoms with Crippen LogP contribution in [-0.2, 0) is 0 Å². The highest BCUT2D eigenvalue weighted by atomic mass is 35.5. The van der Waals surface area contributed by atoms with Crippen molar-refractivity contribution in [3.05, 3.63) is 71.8 Å². The molecule has 0 bridgehead atoms. The number of carbonyl (C=O) groups is 1. The lowest BCUT2D eigenvalue weighted by molar-refractivity contribution is 0.207. The molecule has 3 rings (SSSR count). The smallest absolute Gasteiger partial charge is 0.321 e. The first-order chi connectivity index (χ1) is 12.1. The maximum absolute atomic E-state index is 12.4. The lowest BCUT2D eigenvalue weighted by Gasteiger charge is -2.19. The normalized spacial score (nSPS) is 10.5. The molecule has 0 unspecified atom stereocenters. The van der Waals surface area contributed by atoms with Gasteiger partial charge in [-0.15, -0.1) is 0 Å². The van der Waals surface area contributed by atoms with Crippen LogP contribution in [0.25, 0.3) is 10.8 Å². The number of hydrogen-bond acceptors (Lipinski definition) is 2. The number of urea groups is 1. The summed E-state index contributed by atoms with van der Waals surface area (Å²) in [6.07, 6.45) is 0. The van der Waals surface area contributed by atoms with Gasteiger partial charge in [-0.25, -0.2) is 4.79 Å². The van der Waals surface area contributed by atoms with Crippen molar-refractivity contribution >= 4 is 34.1 Å². The van der Waals surface area contributed by atoms with Crippen LogP contribution in [0.5, 0.6) is 5.75 Å². The van der Waals surface area contributed by atoms with Crippen molar-refractivity contribution in [3.63, 3.8) is 0 Å². The Morgan fingerprint density at radius 3 is 2.56 bits per heavy atom. The third-order valence-electron chi connectivity index (χ3n) is 3.89. The molecule has 0 aliphatic carbocycles. The van der Waals surface area contributed by atoms with Crippen molar-refractivity contribution in [2.45, 2.75) is 0 Å². The minimum atomic E-state index is -0.170. The van der Waals surface area contributed by atoms with Crippen LogP contribution in [0.2, 0.25) is 5.02 Å². The van der Waals surface area contributed by atoms with Crippen molar-refractivity contribution in [1.29, 1.82) is 0 Å². The third kappa shape index (κ3) is 4.43. The molecule has 2 amide bonds. The molecule has 0 aromatic heterocycles. The van der Waals surface area contributed by atoms with Crippen LogP contribution < -0.4 is 10.1 Å². The fraction of sp³-hybridized carbons (Fsp3) is 0.150. The van der Waals surface area contributed by atoms with E-state index in [0.717, 1.165) is 22.2 Å². The number of benzene rings is 3. The number of anilines is 1. The zero-order valence-electron chi connectivity index (χ0n) is 13.9. The van der Waals surface area contributed by atoms with Crippen LogP contribution in [0, 0.1) is 0 Å². The molecule has 0 atom stereocenters. The fourth-order valence-corrected chi connectivity index (χ4v) is 2.60. The Morgan fingerprint density at radius 2 is 1.76 bits per heavy atom. The van der Waals surface area contributed by atoms with Crippen molar-refractivity contribution in [2.24, 2.45) is 0 Å². The number of hydrogen-bond donors (Lipinski definition) is 1. The second-order valence-corrected chi connectivity index (χ2v) is 6.12. The van der Waals surface area contributed by atoms with Gasteiger partial charge < -0.3 is 15.0 Å². The van der Waals surface area contributed by atoms with Gasteiger partial charge in [0.05, 0.1) is 12.2 Å². The SMILES string of the molecule is CN(CCOc1ccc(Cl)cc1)C(=O)Nc1cccc2ccccc12. The average Bonchev–Trinajstić information content (AvgIpc) is 2.63. The van der Waals surface area contributed by atoms with Gasteiger partial charge in [-0.3, -0.25) is 0 Å². The third-order valence-corrected chi connectivity index (χ3v) is 4.14. The Hall–Kier alpha value is -2.72. The van der Waals surface area contributed by atoms with Crippen LogP contribution in [-0.4, -0.2) is 31.1 Å². The number of ether oxygens (including phenoxy) is 1. The number of fused-ring (bicyclic) bond motifs is 1. The zero-order chi connectivity index (χ0) is 17.6. The molecule has 0 saturated carbocycles. The molecule has 1 N–H and O–H groups in total. The molecule has 0 heterocycles. The molecule has 5 heteroatoms. The monoisotopic (exact) mass is 354 g/mol. The average molecular weight is 355 g/mol. The van der Waals surface area contributed by atoms with E-state index in [9.17, 15) is 4.79 Å². The van der Waals surface area contributed by atoms with Crippen LogP contribution in [0.3, 0.4) is 0 Å². The van der Waals surface area contributed by atoms with Gasteiger partial charge in [0.1, 0.15) is 12.4 Å². The predicted molar refractivity (Wildman–Crippen MR) is 103 cm³/mol. The van der Waals surface area contributed by atoms with E-state index in [-0.39, 0.29) is 6.03 Å². The summed E-state index contributed by atoms with van der Waals surface area (Å²) in [4.78, 5) is 14.0. The fourth-order valence-electron chi connectivity index (χ4n) is 2.48. The minimum Gasteiger partial charge on any atom is -0.492 e. The summed E-state index contributed by atoms with van der Waals surface area (Å²) >= 11 is 5.84. The topological polar surface area (TPSA) is 41.6 Å². The summed E-state index contributed by atoms with van der Waals surface area (Å²) in [5.74, 6) is 0.729. The highest BCUT2D eigenvalue weighted by Gasteiger charge is 2.10. The molecule has 0 radical (unpaired) electrons. The van der Waals surface area contributed by atoms with E-state index in [1.54, 1.807) is 36.2 Å². The number of nitrogens with one attached hydrogen (secondary N) is 1.